The molecular formula is C11H16N2O2. The lowest BCUT2D eigenvalue weighted by Crippen LogP contribution is -2.20. The second-order valence-electron chi connectivity index (χ2n) is 3.66. The average Bonchev–Trinajstić information content (AvgIpc) is 2.14. The van der Waals surface area contributed by atoms with Crippen molar-refractivity contribution >= 4 is 6.09 Å². The smallest absolute Gasteiger partial charge is 0.404 e. The van der Waals surface area contributed by atoms with E-state index in [0.717, 1.165) is 17.5 Å². The van der Waals surface area contributed by atoms with Gasteiger partial charge in [0.15, 0.2) is 0 Å². The van der Waals surface area contributed by atoms with Crippen molar-refractivity contribution in [1.82, 2.24) is 5.32 Å². The molecule has 0 radical (unpaired) electrons. The Labute approximate surface area is 89.1 Å². The van der Waals surface area contributed by atoms with E-state index in [0.29, 0.717) is 6.54 Å². The summed E-state index contributed by atoms with van der Waals surface area (Å²) in [5.41, 5.74) is 7.78. The fourth-order valence-electron chi connectivity index (χ4n) is 1.42. The highest BCUT2D eigenvalue weighted by molar-refractivity contribution is 5.64. The predicted molar refractivity (Wildman–Crippen MR) is 58.7 cm³/mol. The molecule has 0 aromatic heterocycles. The molecule has 0 aliphatic heterocycles. The quantitative estimate of drug-likeness (QED) is 0.699. The topological polar surface area (TPSA) is 75.3 Å². The second-order valence-corrected chi connectivity index (χ2v) is 3.66. The zero-order valence-electron chi connectivity index (χ0n) is 8.73. The summed E-state index contributed by atoms with van der Waals surface area (Å²) in [6, 6.07) is 7.89. The van der Waals surface area contributed by atoms with Gasteiger partial charge in [-0.15, -0.1) is 0 Å². The molecule has 0 saturated carbocycles. The lowest BCUT2D eigenvalue weighted by atomic mass is 10.0. The Hall–Kier alpha value is -1.55. The molecule has 0 fully saturated rings. The van der Waals surface area contributed by atoms with Crippen LogP contribution in [0, 0.1) is 0 Å². The van der Waals surface area contributed by atoms with E-state index < -0.39 is 6.09 Å². The Morgan fingerprint density at radius 1 is 1.53 bits per heavy atom. The molecule has 4 heteroatoms. The number of nitrogens with two attached hydrogens (primary N) is 1. The van der Waals surface area contributed by atoms with Gasteiger partial charge in [0, 0.05) is 12.6 Å². The number of carboxylic acid groups (broad SMARTS) is 1. The fourth-order valence-corrected chi connectivity index (χ4v) is 1.42. The molecule has 1 atom stereocenters. The van der Waals surface area contributed by atoms with E-state index in [1.54, 1.807) is 0 Å². The van der Waals surface area contributed by atoms with Crippen molar-refractivity contribution in [2.75, 3.05) is 0 Å². The Kier molecular flexibility index (Phi) is 4.12. The number of benzene rings is 1. The Morgan fingerprint density at radius 3 is 2.80 bits per heavy atom. The first-order valence-electron chi connectivity index (χ1n) is 4.88. The molecule has 0 unspecified atom stereocenters. The van der Waals surface area contributed by atoms with Gasteiger partial charge in [0.2, 0.25) is 0 Å². The van der Waals surface area contributed by atoms with Crippen LogP contribution in [0.25, 0.3) is 0 Å². The summed E-state index contributed by atoms with van der Waals surface area (Å²) in [4.78, 5) is 10.3. The number of amides is 1. The molecule has 0 aliphatic carbocycles. The largest absolute Gasteiger partial charge is 0.465 e. The van der Waals surface area contributed by atoms with Crippen molar-refractivity contribution in [3.63, 3.8) is 0 Å². The first kappa shape index (κ1) is 11.5. The van der Waals surface area contributed by atoms with Gasteiger partial charge in [0.1, 0.15) is 0 Å². The van der Waals surface area contributed by atoms with Crippen LogP contribution in [0.1, 0.15) is 18.1 Å². The minimum Gasteiger partial charge on any atom is -0.465 e. The van der Waals surface area contributed by atoms with E-state index >= 15 is 0 Å². The zero-order chi connectivity index (χ0) is 11.3. The SMILES string of the molecule is C[C@@H](N)Cc1cccc(CNC(=O)O)c1. The second kappa shape index (κ2) is 5.36. The maximum Gasteiger partial charge on any atom is 0.404 e. The van der Waals surface area contributed by atoms with Crippen LogP contribution in [0.4, 0.5) is 4.79 Å². The van der Waals surface area contributed by atoms with Crippen molar-refractivity contribution in [2.45, 2.75) is 25.9 Å². The van der Waals surface area contributed by atoms with E-state index in [1.807, 2.05) is 31.2 Å². The lowest BCUT2D eigenvalue weighted by Gasteiger charge is -2.07. The Morgan fingerprint density at radius 2 is 2.20 bits per heavy atom. The predicted octanol–water partition coefficient (Wildman–Crippen LogP) is 1.34. The lowest BCUT2D eigenvalue weighted by molar-refractivity contribution is 0.194. The molecule has 4 nitrogen and oxygen atoms in total. The summed E-state index contributed by atoms with van der Waals surface area (Å²) in [7, 11) is 0. The number of hydrogen-bond donors (Lipinski definition) is 3. The van der Waals surface area contributed by atoms with E-state index in [9.17, 15) is 4.79 Å². The van der Waals surface area contributed by atoms with Crippen molar-refractivity contribution in [3.8, 4) is 0 Å². The summed E-state index contributed by atoms with van der Waals surface area (Å²) in [5.74, 6) is 0. The molecule has 0 saturated heterocycles. The molecule has 82 valence electrons. The van der Waals surface area contributed by atoms with Crippen LogP contribution >= 0.6 is 0 Å². The third kappa shape index (κ3) is 4.46. The van der Waals surface area contributed by atoms with E-state index in [4.69, 9.17) is 10.8 Å². The number of hydrogen-bond acceptors (Lipinski definition) is 2. The van der Waals surface area contributed by atoms with Crippen molar-refractivity contribution < 1.29 is 9.90 Å². The number of nitrogens with one attached hydrogen (secondary N) is 1. The highest BCUT2D eigenvalue weighted by Crippen LogP contribution is 2.07. The summed E-state index contributed by atoms with van der Waals surface area (Å²) in [5, 5.41) is 10.8. The van der Waals surface area contributed by atoms with Crippen LogP contribution in [0.15, 0.2) is 24.3 Å². The average molecular weight is 208 g/mol. The normalized spacial score (nSPS) is 12.1. The van der Waals surface area contributed by atoms with Crippen LogP contribution in [0.3, 0.4) is 0 Å². The Balaban J connectivity index is 2.61. The molecule has 0 spiro atoms. The maximum atomic E-state index is 10.3. The summed E-state index contributed by atoms with van der Waals surface area (Å²) < 4.78 is 0. The molecule has 4 N–H and O–H groups in total. The van der Waals surface area contributed by atoms with Crippen molar-refractivity contribution in [3.05, 3.63) is 35.4 Å². The third-order valence-corrected chi connectivity index (χ3v) is 1.99. The van der Waals surface area contributed by atoms with Gasteiger partial charge in [-0.2, -0.15) is 0 Å². The minimum atomic E-state index is -1.01. The van der Waals surface area contributed by atoms with Crippen LogP contribution in [-0.2, 0) is 13.0 Å². The van der Waals surface area contributed by atoms with Gasteiger partial charge in [0.05, 0.1) is 0 Å². The van der Waals surface area contributed by atoms with Gasteiger partial charge >= 0.3 is 6.09 Å². The van der Waals surface area contributed by atoms with Crippen LogP contribution in [0.2, 0.25) is 0 Å². The molecule has 1 aromatic rings. The molecule has 0 bridgehead atoms. The van der Waals surface area contributed by atoms with Gasteiger partial charge in [-0.3, -0.25) is 0 Å². The highest BCUT2D eigenvalue weighted by Gasteiger charge is 2.00. The summed E-state index contributed by atoms with van der Waals surface area (Å²) in [6.07, 6.45) is -0.200. The van der Waals surface area contributed by atoms with Crippen LogP contribution in [-0.4, -0.2) is 17.2 Å². The third-order valence-electron chi connectivity index (χ3n) is 1.99. The van der Waals surface area contributed by atoms with Gasteiger partial charge in [-0.05, 0) is 24.5 Å². The molecule has 15 heavy (non-hydrogen) atoms. The Bertz CT molecular complexity index is 337. The fraction of sp³-hybridized carbons (Fsp3) is 0.364. The first-order chi connectivity index (χ1) is 7.08. The molecule has 1 aromatic carbocycles. The highest BCUT2D eigenvalue weighted by atomic mass is 16.4. The zero-order valence-corrected chi connectivity index (χ0v) is 8.73. The summed E-state index contributed by atoms with van der Waals surface area (Å²) in [6.45, 7) is 2.28. The van der Waals surface area contributed by atoms with E-state index in [-0.39, 0.29) is 6.04 Å². The molecule has 0 heterocycles. The standard InChI is InChI=1S/C11H16N2O2/c1-8(12)5-9-3-2-4-10(6-9)7-13-11(14)15/h2-4,6,8,13H,5,7,12H2,1H3,(H,14,15)/t8-/m1/s1. The van der Waals surface area contributed by atoms with Crippen molar-refractivity contribution in [2.24, 2.45) is 5.73 Å². The van der Waals surface area contributed by atoms with Crippen LogP contribution in [0.5, 0.6) is 0 Å². The van der Waals surface area contributed by atoms with E-state index in [1.165, 1.54) is 0 Å². The van der Waals surface area contributed by atoms with E-state index in [2.05, 4.69) is 5.32 Å². The first-order valence-corrected chi connectivity index (χ1v) is 4.88. The molecule has 0 aliphatic rings. The van der Waals surface area contributed by atoms with Crippen LogP contribution < -0.4 is 11.1 Å². The van der Waals surface area contributed by atoms with Crippen molar-refractivity contribution in [1.29, 1.82) is 0 Å². The molecule has 1 amide bonds. The van der Waals surface area contributed by atoms with Gasteiger partial charge < -0.3 is 16.2 Å². The minimum absolute atomic E-state index is 0.118. The molecular weight excluding hydrogens is 192 g/mol. The molecule has 1 rings (SSSR count). The number of carbonyl (C=O) groups is 1. The summed E-state index contributed by atoms with van der Waals surface area (Å²) >= 11 is 0. The van der Waals surface area contributed by atoms with Gasteiger partial charge in [-0.25, -0.2) is 4.79 Å². The monoisotopic (exact) mass is 208 g/mol. The maximum absolute atomic E-state index is 10.3. The van der Waals surface area contributed by atoms with Gasteiger partial charge in [-0.1, -0.05) is 24.3 Å². The number of rotatable bonds is 4. The van der Waals surface area contributed by atoms with Gasteiger partial charge in [0.25, 0.3) is 0 Å².